The van der Waals surface area contributed by atoms with Crippen LogP contribution in [0.4, 0.5) is 5.69 Å². The maximum atomic E-state index is 12.3. The second-order valence-corrected chi connectivity index (χ2v) is 6.12. The number of hydrogen-bond donors (Lipinski definition) is 2. The average molecular weight is 317 g/mol. The van der Waals surface area contributed by atoms with Crippen molar-refractivity contribution in [3.05, 3.63) is 29.8 Å². The fourth-order valence-electron chi connectivity index (χ4n) is 2.86. The molecule has 23 heavy (non-hydrogen) atoms. The van der Waals surface area contributed by atoms with Crippen LogP contribution < -0.4 is 10.6 Å². The number of amides is 2. The molecule has 1 aliphatic rings. The molecule has 1 atom stereocenters. The molecular formula is C18H27N3O2. The van der Waals surface area contributed by atoms with Crippen LogP contribution in [-0.4, -0.2) is 42.4 Å². The van der Waals surface area contributed by atoms with E-state index in [2.05, 4.69) is 17.6 Å². The van der Waals surface area contributed by atoms with Gasteiger partial charge in [-0.2, -0.15) is 0 Å². The number of nitrogens with zero attached hydrogens (tertiary/aromatic N) is 1. The van der Waals surface area contributed by atoms with E-state index in [1.807, 2.05) is 24.0 Å². The minimum Gasteiger partial charge on any atom is -0.376 e. The molecule has 0 radical (unpaired) electrons. The molecule has 1 fully saturated rings. The number of rotatable bonds is 6. The summed E-state index contributed by atoms with van der Waals surface area (Å²) < 4.78 is 0. The summed E-state index contributed by atoms with van der Waals surface area (Å²) >= 11 is 0. The first-order chi connectivity index (χ1) is 11.1. The highest BCUT2D eigenvalue weighted by atomic mass is 16.2. The van der Waals surface area contributed by atoms with Crippen molar-refractivity contribution < 1.29 is 9.59 Å². The zero-order chi connectivity index (χ0) is 16.7. The molecule has 0 saturated carbocycles. The van der Waals surface area contributed by atoms with Crippen molar-refractivity contribution >= 4 is 17.5 Å². The Morgan fingerprint density at radius 3 is 2.87 bits per heavy atom. The third-order valence-corrected chi connectivity index (χ3v) is 4.23. The van der Waals surface area contributed by atoms with Gasteiger partial charge in [0.1, 0.15) is 0 Å². The Hall–Kier alpha value is -2.04. The van der Waals surface area contributed by atoms with Gasteiger partial charge in [-0.25, -0.2) is 0 Å². The maximum Gasteiger partial charge on any atom is 0.251 e. The van der Waals surface area contributed by atoms with Crippen LogP contribution in [-0.2, 0) is 4.79 Å². The van der Waals surface area contributed by atoms with Crippen LogP contribution in [0.5, 0.6) is 0 Å². The summed E-state index contributed by atoms with van der Waals surface area (Å²) in [5.74, 6) is 0.0458. The number of carbonyl (C=O) groups excluding carboxylic acids is 2. The molecule has 126 valence electrons. The summed E-state index contributed by atoms with van der Waals surface area (Å²) in [5.41, 5.74) is 1.41. The lowest BCUT2D eigenvalue weighted by Gasteiger charge is -2.33. The van der Waals surface area contributed by atoms with E-state index in [9.17, 15) is 9.59 Å². The lowest BCUT2D eigenvalue weighted by atomic mass is 10.0. The van der Waals surface area contributed by atoms with Gasteiger partial charge in [-0.15, -0.1) is 0 Å². The van der Waals surface area contributed by atoms with E-state index in [4.69, 9.17) is 0 Å². The molecule has 1 heterocycles. The molecule has 1 aromatic rings. The normalized spacial score (nSPS) is 17.7. The first-order valence-electron chi connectivity index (χ1n) is 8.53. The summed E-state index contributed by atoms with van der Waals surface area (Å²) in [6, 6.07) is 7.60. The van der Waals surface area contributed by atoms with Gasteiger partial charge in [0.05, 0.1) is 6.54 Å². The molecule has 2 N–H and O–H groups in total. The number of carbonyl (C=O) groups is 2. The lowest BCUT2D eigenvalue weighted by Crippen LogP contribution is -2.44. The number of hydrogen-bond acceptors (Lipinski definition) is 3. The Morgan fingerprint density at radius 2 is 2.13 bits per heavy atom. The van der Waals surface area contributed by atoms with Gasteiger partial charge in [0.25, 0.3) is 5.91 Å². The average Bonchev–Trinajstić information content (AvgIpc) is 2.58. The van der Waals surface area contributed by atoms with E-state index < -0.39 is 0 Å². The molecule has 0 aliphatic carbocycles. The SMILES string of the molecule is CCCNC(=O)c1cccc(NCC(=O)N2CCCC[C@H]2C)c1. The van der Waals surface area contributed by atoms with Gasteiger partial charge < -0.3 is 15.5 Å². The van der Waals surface area contributed by atoms with Gasteiger partial charge in [-0.05, 0) is 50.8 Å². The fraction of sp³-hybridized carbons (Fsp3) is 0.556. The summed E-state index contributed by atoms with van der Waals surface area (Å²) in [4.78, 5) is 26.2. The lowest BCUT2D eigenvalue weighted by molar-refractivity contribution is -0.132. The molecule has 2 rings (SSSR count). The number of piperidine rings is 1. The molecule has 5 nitrogen and oxygen atoms in total. The molecule has 1 saturated heterocycles. The monoisotopic (exact) mass is 317 g/mol. The van der Waals surface area contributed by atoms with Crippen molar-refractivity contribution in [3.8, 4) is 0 Å². The highest BCUT2D eigenvalue weighted by Crippen LogP contribution is 2.17. The van der Waals surface area contributed by atoms with Crippen molar-refractivity contribution in [1.29, 1.82) is 0 Å². The standard InChI is InChI=1S/C18H27N3O2/c1-3-10-19-18(23)15-8-6-9-16(12-15)20-13-17(22)21-11-5-4-7-14(21)2/h6,8-9,12,14,20H,3-5,7,10-11,13H2,1-2H3,(H,19,23)/t14-/m1/s1. The molecular weight excluding hydrogens is 290 g/mol. The Bertz CT molecular complexity index is 545. The second-order valence-electron chi connectivity index (χ2n) is 6.12. The molecule has 2 amide bonds. The zero-order valence-corrected chi connectivity index (χ0v) is 14.1. The predicted molar refractivity (Wildman–Crippen MR) is 92.6 cm³/mol. The van der Waals surface area contributed by atoms with Crippen LogP contribution in [0.3, 0.4) is 0 Å². The summed E-state index contributed by atoms with van der Waals surface area (Å²) in [5, 5.41) is 6.00. The van der Waals surface area contributed by atoms with Gasteiger partial charge in [-0.3, -0.25) is 9.59 Å². The highest BCUT2D eigenvalue weighted by molar-refractivity contribution is 5.95. The van der Waals surface area contributed by atoms with Crippen LogP contribution in [0.25, 0.3) is 0 Å². The molecule has 0 spiro atoms. The topological polar surface area (TPSA) is 61.4 Å². The van der Waals surface area contributed by atoms with Crippen LogP contribution in [0.1, 0.15) is 49.9 Å². The largest absolute Gasteiger partial charge is 0.376 e. The van der Waals surface area contributed by atoms with E-state index in [0.717, 1.165) is 31.5 Å². The summed E-state index contributed by atoms with van der Waals surface area (Å²) in [6.45, 7) is 5.91. The summed E-state index contributed by atoms with van der Waals surface area (Å²) in [6.07, 6.45) is 4.28. The summed E-state index contributed by atoms with van der Waals surface area (Å²) in [7, 11) is 0. The predicted octanol–water partition coefficient (Wildman–Crippen LogP) is 2.64. The third-order valence-electron chi connectivity index (χ3n) is 4.23. The number of anilines is 1. The Morgan fingerprint density at radius 1 is 1.30 bits per heavy atom. The third kappa shape index (κ3) is 4.98. The quantitative estimate of drug-likeness (QED) is 0.848. The van der Waals surface area contributed by atoms with E-state index in [-0.39, 0.29) is 18.4 Å². The molecule has 1 aromatic carbocycles. The Kier molecular flexibility index (Phi) is 6.44. The molecule has 1 aliphatic heterocycles. The highest BCUT2D eigenvalue weighted by Gasteiger charge is 2.22. The smallest absolute Gasteiger partial charge is 0.251 e. The van der Waals surface area contributed by atoms with Gasteiger partial charge in [0.15, 0.2) is 0 Å². The first-order valence-corrected chi connectivity index (χ1v) is 8.53. The van der Waals surface area contributed by atoms with E-state index >= 15 is 0 Å². The molecule has 0 unspecified atom stereocenters. The van der Waals surface area contributed by atoms with Crippen molar-refractivity contribution in [2.45, 2.75) is 45.6 Å². The van der Waals surface area contributed by atoms with Crippen LogP contribution >= 0.6 is 0 Å². The van der Waals surface area contributed by atoms with Crippen LogP contribution in [0.15, 0.2) is 24.3 Å². The fourth-order valence-corrected chi connectivity index (χ4v) is 2.86. The van der Waals surface area contributed by atoms with Crippen LogP contribution in [0, 0.1) is 0 Å². The number of nitrogens with one attached hydrogen (secondary N) is 2. The van der Waals surface area contributed by atoms with Crippen molar-refractivity contribution in [3.63, 3.8) is 0 Å². The van der Waals surface area contributed by atoms with E-state index in [1.165, 1.54) is 6.42 Å². The van der Waals surface area contributed by atoms with Gasteiger partial charge in [0, 0.05) is 30.4 Å². The molecule has 0 aromatic heterocycles. The zero-order valence-electron chi connectivity index (χ0n) is 14.1. The number of benzene rings is 1. The minimum atomic E-state index is -0.0773. The van der Waals surface area contributed by atoms with Gasteiger partial charge in [0.2, 0.25) is 5.91 Å². The number of likely N-dealkylation sites (tertiary alicyclic amines) is 1. The Labute approximate surface area is 138 Å². The van der Waals surface area contributed by atoms with Crippen LogP contribution in [0.2, 0.25) is 0 Å². The minimum absolute atomic E-state index is 0.0773. The van der Waals surface area contributed by atoms with Crippen molar-refractivity contribution in [2.24, 2.45) is 0 Å². The molecule has 5 heteroatoms. The van der Waals surface area contributed by atoms with E-state index in [0.29, 0.717) is 18.2 Å². The second kappa shape index (κ2) is 8.56. The van der Waals surface area contributed by atoms with Crippen molar-refractivity contribution in [2.75, 3.05) is 25.0 Å². The van der Waals surface area contributed by atoms with E-state index in [1.54, 1.807) is 12.1 Å². The van der Waals surface area contributed by atoms with Crippen molar-refractivity contribution in [1.82, 2.24) is 10.2 Å². The van der Waals surface area contributed by atoms with Gasteiger partial charge in [-0.1, -0.05) is 13.0 Å². The first kappa shape index (κ1) is 17.3. The maximum absolute atomic E-state index is 12.3. The Balaban J connectivity index is 1.90. The molecule has 0 bridgehead atoms. The van der Waals surface area contributed by atoms with Gasteiger partial charge >= 0.3 is 0 Å².